The first-order valence-electron chi connectivity index (χ1n) is 1.13. The molecule has 0 spiro atoms. The fourth-order valence-electron chi connectivity index (χ4n) is 0.0598. The molecule has 0 bridgehead atoms. The van der Waals surface area contributed by atoms with Crippen LogP contribution in [0.25, 0.3) is 0 Å². The second kappa shape index (κ2) is 10.7. The molecular formula is H2Na2O5P2. The summed E-state index contributed by atoms with van der Waals surface area (Å²) in [5.74, 6) is 0. The summed E-state index contributed by atoms with van der Waals surface area (Å²) in [5.41, 5.74) is 0. The van der Waals surface area contributed by atoms with Gasteiger partial charge >= 0.3 is 59.1 Å². The summed E-state index contributed by atoms with van der Waals surface area (Å²) in [6.07, 6.45) is 0. The van der Waals surface area contributed by atoms with E-state index in [9.17, 15) is 9.79 Å². The van der Waals surface area contributed by atoms with Crippen LogP contribution in [0.4, 0.5) is 0 Å². The molecule has 0 fully saturated rings. The van der Waals surface area contributed by atoms with Crippen LogP contribution in [0.15, 0.2) is 0 Å². The van der Waals surface area contributed by atoms with Crippen molar-refractivity contribution in [2.45, 2.75) is 0 Å². The van der Waals surface area contributed by atoms with E-state index < -0.39 is 17.2 Å². The predicted molar refractivity (Wildman–Crippen MR) is 19.4 cm³/mol. The van der Waals surface area contributed by atoms with Gasteiger partial charge in [-0.05, 0) is 0 Å². The van der Waals surface area contributed by atoms with E-state index >= 15 is 0 Å². The molecule has 0 aliphatic rings. The average Bonchev–Trinajstić information content (AvgIpc) is 1.27. The van der Waals surface area contributed by atoms with Crippen LogP contribution < -0.4 is 68.9 Å². The van der Waals surface area contributed by atoms with E-state index in [-0.39, 0.29) is 59.1 Å². The van der Waals surface area contributed by atoms with Gasteiger partial charge in [0.05, 0.1) is 17.2 Å². The molecule has 0 heterocycles. The van der Waals surface area contributed by atoms with Crippen molar-refractivity contribution in [2.24, 2.45) is 0 Å². The summed E-state index contributed by atoms with van der Waals surface area (Å²) >= 11 is 0. The fourth-order valence-corrected chi connectivity index (χ4v) is 0.538. The Labute approximate surface area is 99.0 Å². The average molecular weight is 190 g/mol. The van der Waals surface area contributed by atoms with Gasteiger partial charge in [-0.2, -0.15) is 0 Å². The molecule has 0 aliphatic heterocycles. The summed E-state index contributed by atoms with van der Waals surface area (Å²) in [6, 6.07) is 0. The normalized spacial score (nSPS) is 14.7. The number of hydrogen-bond donors (Lipinski definition) is 2. The first-order valence-corrected chi connectivity index (χ1v) is 3.39. The first kappa shape index (κ1) is 17.7. The van der Waals surface area contributed by atoms with E-state index in [0.29, 0.717) is 0 Å². The molecule has 0 aromatic rings. The van der Waals surface area contributed by atoms with Crippen LogP contribution in [0.2, 0.25) is 0 Å². The second-order valence-electron chi connectivity index (χ2n) is 0.557. The molecule has 9 heteroatoms. The van der Waals surface area contributed by atoms with E-state index in [0.717, 1.165) is 0 Å². The first-order chi connectivity index (χ1) is 3.13. The maximum Gasteiger partial charge on any atom is 1.00 e. The largest absolute Gasteiger partial charge is 1.00 e. The minimum atomic E-state index is -2.92. The Morgan fingerprint density at radius 2 is 1.22 bits per heavy atom. The maximum atomic E-state index is 9.39. The van der Waals surface area contributed by atoms with Crippen molar-refractivity contribution in [3.63, 3.8) is 0 Å². The molecule has 0 aromatic heterocycles. The minimum absolute atomic E-state index is 0. The van der Waals surface area contributed by atoms with Crippen LogP contribution in [-0.4, -0.2) is 9.79 Å². The minimum Gasteiger partial charge on any atom is -0.786 e. The van der Waals surface area contributed by atoms with Crippen molar-refractivity contribution in [3.8, 4) is 0 Å². The van der Waals surface area contributed by atoms with Crippen molar-refractivity contribution in [2.75, 3.05) is 0 Å². The Morgan fingerprint density at radius 1 is 1.00 bits per heavy atom. The van der Waals surface area contributed by atoms with E-state index in [4.69, 9.17) is 9.79 Å². The van der Waals surface area contributed by atoms with Gasteiger partial charge in [-0.15, -0.1) is 0 Å². The zero-order valence-corrected chi connectivity index (χ0v) is 10.8. The van der Waals surface area contributed by atoms with Gasteiger partial charge < -0.3 is 23.9 Å². The van der Waals surface area contributed by atoms with Crippen molar-refractivity contribution in [1.82, 2.24) is 0 Å². The molecule has 0 saturated heterocycles. The van der Waals surface area contributed by atoms with Crippen molar-refractivity contribution in [1.29, 1.82) is 0 Å². The van der Waals surface area contributed by atoms with Gasteiger partial charge in [-0.1, -0.05) is 0 Å². The van der Waals surface area contributed by atoms with Crippen LogP contribution >= 0.6 is 17.2 Å². The zero-order valence-electron chi connectivity index (χ0n) is 5.01. The third kappa shape index (κ3) is 18.0. The Morgan fingerprint density at radius 3 is 1.22 bits per heavy atom. The summed E-state index contributed by atoms with van der Waals surface area (Å²) < 4.78 is 3.38. The van der Waals surface area contributed by atoms with Gasteiger partial charge in [-0.3, -0.25) is 0 Å². The molecule has 2 N–H and O–H groups in total. The molecule has 5 nitrogen and oxygen atoms in total. The van der Waals surface area contributed by atoms with Crippen LogP contribution in [0.5, 0.6) is 0 Å². The second-order valence-corrected chi connectivity index (χ2v) is 2.16. The van der Waals surface area contributed by atoms with Crippen molar-refractivity contribution < 1.29 is 83.0 Å². The molecule has 0 radical (unpaired) electrons. The number of hydrogen-bond acceptors (Lipinski definition) is 5. The Balaban J connectivity index is -0.000000180. The van der Waals surface area contributed by atoms with Gasteiger partial charge in [-0.25, -0.2) is 0 Å². The molecule has 0 amide bonds. The molecule has 44 valence electrons. The van der Waals surface area contributed by atoms with Gasteiger partial charge in [0, 0.05) is 0 Å². The quantitative estimate of drug-likeness (QED) is 0.333. The Bertz CT molecular complexity index is 42.2. The monoisotopic (exact) mass is 190 g/mol. The zero-order chi connectivity index (χ0) is 5.86. The van der Waals surface area contributed by atoms with Crippen LogP contribution in [0.3, 0.4) is 0 Å². The SMILES string of the molecule is [Na+].[Na+].[O-]P(O)OP([O-])O. The number of rotatable bonds is 2. The molecule has 2 unspecified atom stereocenters. The predicted octanol–water partition coefficient (Wildman–Crippen LogP) is -7.83. The molecule has 0 aliphatic carbocycles. The summed E-state index contributed by atoms with van der Waals surface area (Å²) in [4.78, 5) is 34.1. The standard InChI is InChI=1S/2Na.H2O5P2/c;;1-6(2)5-7(3)4/h;;1,3H/q2*+1;-2. The summed E-state index contributed by atoms with van der Waals surface area (Å²) in [7, 11) is -5.85. The van der Waals surface area contributed by atoms with Gasteiger partial charge in [0.15, 0.2) is 0 Å². The topological polar surface area (TPSA) is 95.8 Å². The molecule has 9 heavy (non-hydrogen) atoms. The van der Waals surface area contributed by atoms with Crippen LogP contribution in [0, 0.1) is 0 Å². The third-order valence-electron chi connectivity index (χ3n) is 0.140. The fraction of sp³-hybridized carbons (Fsp3) is 0. The third-order valence-corrected chi connectivity index (χ3v) is 1.26. The molecule has 0 rings (SSSR count). The van der Waals surface area contributed by atoms with Crippen molar-refractivity contribution >= 4 is 17.2 Å². The van der Waals surface area contributed by atoms with E-state index in [1.807, 2.05) is 0 Å². The Kier molecular flexibility index (Phi) is 20.9. The molecule has 0 saturated carbocycles. The van der Waals surface area contributed by atoms with E-state index in [1.54, 1.807) is 0 Å². The van der Waals surface area contributed by atoms with Crippen LogP contribution in [0.1, 0.15) is 0 Å². The van der Waals surface area contributed by atoms with E-state index in [1.165, 1.54) is 0 Å². The smallest absolute Gasteiger partial charge is 0.786 e. The van der Waals surface area contributed by atoms with Crippen molar-refractivity contribution in [3.05, 3.63) is 0 Å². The Hall–Kier alpha value is 2.66. The van der Waals surface area contributed by atoms with Gasteiger partial charge in [0.25, 0.3) is 0 Å². The summed E-state index contributed by atoms with van der Waals surface area (Å²) in [6.45, 7) is 0. The summed E-state index contributed by atoms with van der Waals surface area (Å²) in [5, 5.41) is 0. The van der Waals surface area contributed by atoms with E-state index in [2.05, 4.69) is 4.31 Å². The molecule has 2 atom stereocenters. The molecular weight excluding hydrogens is 188 g/mol. The van der Waals surface area contributed by atoms with Crippen LogP contribution in [-0.2, 0) is 4.31 Å². The molecule has 0 aromatic carbocycles. The van der Waals surface area contributed by atoms with Gasteiger partial charge in [0.2, 0.25) is 0 Å². The maximum absolute atomic E-state index is 9.39. The van der Waals surface area contributed by atoms with Gasteiger partial charge in [0.1, 0.15) is 0 Å².